The van der Waals surface area contributed by atoms with E-state index in [9.17, 15) is 5.26 Å². The summed E-state index contributed by atoms with van der Waals surface area (Å²) in [6.07, 6.45) is 2.61. The monoisotopic (exact) mass is 335 g/mol. The van der Waals surface area contributed by atoms with Crippen LogP contribution in [0.15, 0.2) is 30.3 Å². The second kappa shape index (κ2) is 7.38. The molecule has 2 aliphatic heterocycles. The van der Waals surface area contributed by atoms with Crippen LogP contribution in [0.2, 0.25) is 0 Å². The fraction of sp³-hybridized carbons (Fsp3) is 0.500. The van der Waals surface area contributed by atoms with E-state index in [4.69, 9.17) is 4.98 Å². The predicted octanol–water partition coefficient (Wildman–Crippen LogP) is 2.23. The van der Waals surface area contributed by atoms with Gasteiger partial charge in [-0.05, 0) is 44.0 Å². The van der Waals surface area contributed by atoms with Crippen molar-refractivity contribution >= 4 is 16.7 Å². The minimum atomic E-state index is 0.720. The number of piperidine rings is 1. The Bertz CT molecular complexity index is 767. The van der Waals surface area contributed by atoms with Crippen LogP contribution in [0.1, 0.15) is 18.4 Å². The van der Waals surface area contributed by atoms with E-state index in [1.807, 2.05) is 30.3 Å². The van der Waals surface area contributed by atoms with Crippen molar-refractivity contribution in [3.63, 3.8) is 0 Å². The Morgan fingerprint density at radius 2 is 1.88 bits per heavy atom. The lowest BCUT2D eigenvalue weighted by Crippen LogP contribution is -2.48. The third kappa shape index (κ3) is 3.60. The van der Waals surface area contributed by atoms with Gasteiger partial charge in [0.05, 0.1) is 17.1 Å². The van der Waals surface area contributed by atoms with Gasteiger partial charge in [-0.25, -0.2) is 4.98 Å². The van der Waals surface area contributed by atoms with Crippen molar-refractivity contribution in [3.05, 3.63) is 35.9 Å². The minimum absolute atomic E-state index is 0.720. The number of anilines is 1. The number of piperazine rings is 1. The van der Waals surface area contributed by atoms with Crippen molar-refractivity contribution in [3.8, 4) is 6.07 Å². The molecule has 1 N–H and O–H groups in total. The van der Waals surface area contributed by atoms with Gasteiger partial charge in [0.2, 0.25) is 0 Å². The summed E-state index contributed by atoms with van der Waals surface area (Å²) in [5.74, 6) is 1.79. The van der Waals surface area contributed by atoms with Gasteiger partial charge in [0.15, 0.2) is 0 Å². The van der Waals surface area contributed by atoms with Gasteiger partial charge >= 0.3 is 0 Å². The third-order valence-corrected chi connectivity index (χ3v) is 5.49. The molecule has 0 unspecified atom stereocenters. The summed E-state index contributed by atoms with van der Waals surface area (Å²) < 4.78 is 0. The maximum Gasteiger partial charge on any atom is 0.130 e. The lowest BCUT2D eigenvalue weighted by molar-refractivity contribution is 0.196. The molecule has 4 rings (SSSR count). The number of nitriles is 1. The van der Waals surface area contributed by atoms with Gasteiger partial charge < -0.3 is 10.2 Å². The second-order valence-corrected chi connectivity index (χ2v) is 7.14. The quantitative estimate of drug-likeness (QED) is 0.932. The number of rotatable bonds is 3. The Kier molecular flexibility index (Phi) is 4.82. The van der Waals surface area contributed by atoms with Crippen LogP contribution in [0.3, 0.4) is 0 Å². The van der Waals surface area contributed by atoms with E-state index in [0.717, 1.165) is 54.4 Å². The van der Waals surface area contributed by atoms with Gasteiger partial charge in [-0.1, -0.05) is 18.2 Å². The first-order valence-electron chi connectivity index (χ1n) is 9.31. The molecule has 25 heavy (non-hydrogen) atoms. The highest BCUT2D eigenvalue weighted by atomic mass is 15.3. The van der Waals surface area contributed by atoms with Gasteiger partial charge in [0, 0.05) is 38.1 Å². The van der Waals surface area contributed by atoms with Crippen molar-refractivity contribution < 1.29 is 0 Å². The molecule has 2 aliphatic rings. The number of hydrogen-bond donors (Lipinski definition) is 1. The van der Waals surface area contributed by atoms with Gasteiger partial charge in [0.1, 0.15) is 5.82 Å². The SMILES string of the molecule is N#Cc1cc(N2CCN(CC3CCNCC3)CC2)nc2ccccc12. The number of nitrogens with one attached hydrogen (secondary N) is 1. The highest BCUT2D eigenvalue weighted by molar-refractivity contribution is 5.86. The lowest BCUT2D eigenvalue weighted by atomic mass is 9.97. The molecule has 1 aromatic heterocycles. The van der Waals surface area contributed by atoms with Gasteiger partial charge in [0.25, 0.3) is 0 Å². The molecule has 0 bridgehead atoms. The van der Waals surface area contributed by atoms with Crippen molar-refractivity contribution in [2.24, 2.45) is 5.92 Å². The molecule has 0 radical (unpaired) electrons. The van der Waals surface area contributed by atoms with Crippen molar-refractivity contribution in [2.75, 3.05) is 50.7 Å². The summed E-state index contributed by atoms with van der Waals surface area (Å²) in [7, 11) is 0. The van der Waals surface area contributed by atoms with Crippen molar-refractivity contribution in [1.29, 1.82) is 5.26 Å². The molecule has 2 fully saturated rings. The van der Waals surface area contributed by atoms with Crippen molar-refractivity contribution in [1.82, 2.24) is 15.2 Å². The molecule has 3 heterocycles. The normalized spacial score (nSPS) is 19.9. The minimum Gasteiger partial charge on any atom is -0.354 e. The molecule has 0 aliphatic carbocycles. The summed E-state index contributed by atoms with van der Waals surface area (Å²) in [5.41, 5.74) is 1.63. The Hall–Kier alpha value is -2.16. The van der Waals surface area contributed by atoms with E-state index in [1.165, 1.54) is 32.5 Å². The van der Waals surface area contributed by atoms with E-state index < -0.39 is 0 Å². The highest BCUT2D eigenvalue weighted by Gasteiger charge is 2.22. The number of aromatic nitrogens is 1. The van der Waals surface area contributed by atoms with Gasteiger partial charge in [-0.3, -0.25) is 4.90 Å². The van der Waals surface area contributed by atoms with Crippen LogP contribution in [-0.4, -0.2) is 55.7 Å². The number of hydrogen-bond acceptors (Lipinski definition) is 5. The van der Waals surface area contributed by atoms with Crippen LogP contribution in [-0.2, 0) is 0 Å². The summed E-state index contributed by atoms with van der Waals surface area (Å²) >= 11 is 0. The first kappa shape index (κ1) is 16.3. The summed E-state index contributed by atoms with van der Waals surface area (Å²) in [5, 5.41) is 13.9. The molecule has 130 valence electrons. The molecular weight excluding hydrogens is 310 g/mol. The standard InChI is InChI=1S/C20H25N5/c21-14-17-13-20(23-19-4-2-1-3-18(17)19)25-11-9-24(10-12-25)15-16-5-7-22-8-6-16/h1-4,13,16,22H,5-12,15H2. The van der Waals surface area contributed by atoms with E-state index in [-0.39, 0.29) is 0 Å². The summed E-state index contributed by atoms with van der Waals surface area (Å²) in [6.45, 7) is 7.71. The largest absolute Gasteiger partial charge is 0.354 e. The fourth-order valence-corrected chi connectivity index (χ4v) is 4.00. The average Bonchev–Trinajstić information content (AvgIpc) is 2.68. The fourth-order valence-electron chi connectivity index (χ4n) is 4.00. The van der Waals surface area contributed by atoms with Crippen LogP contribution in [0.25, 0.3) is 10.9 Å². The molecule has 0 spiro atoms. The maximum atomic E-state index is 9.47. The number of nitrogens with zero attached hydrogens (tertiary/aromatic N) is 4. The number of pyridine rings is 1. The Morgan fingerprint density at radius 3 is 2.64 bits per heavy atom. The number of benzene rings is 1. The molecule has 0 saturated carbocycles. The van der Waals surface area contributed by atoms with Crippen molar-refractivity contribution in [2.45, 2.75) is 12.8 Å². The smallest absolute Gasteiger partial charge is 0.130 e. The molecule has 2 aromatic rings. The topological polar surface area (TPSA) is 55.2 Å². The Balaban J connectivity index is 1.44. The first-order chi connectivity index (χ1) is 12.3. The number of para-hydroxylation sites is 1. The lowest BCUT2D eigenvalue weighted by Gasteiger charge is -2.38. The van der Waals surface area contributed by atoms with Gasteiger partial charge in [-0.15, -0.1) is 0 Å². The van der Waals surface area contributed by atoms with E-state index >= 15 is 0 Å². The summed E-state index contributed by atoms with van der Waals surface area (Å²) in [4.78, 5) is 9.72. The van der Waals surface area contributed by atoms with E-state index in [0.29, 0.717) is 0 Å². The zero-order valence-corrected chi connectivity index (χ0v) is 14.6. The van der Waals surface area contributed by atoms with Crippen LogP contribution in [0.4, 0.5) is 5.82 Å². The summed E-state index contributed by atoms with van der Waals surface area (Å²) in [6, 6.07) is 12.2. The molecular formula is C20H25N5. The Morgan fingerprint density at radius 1 is 1.12 bits per heavy atom. The molecule has 5 heteroatoms. The molecule has 5 nitrogen and oxygen atoms in total. The Labute approximate surface area is 149 Å². The van der Waals surface area contributed by atoms with Gasteiger partial charge in [-0.2, -0.15) is 5.26 Å². The molecule has 0 amide bonds. The van der Waals surface area contributed by atoms with Crippen LogP contribution in [0.5, 0.6) is 0 Å². The third-order valence-electron chi connectivity index (χ3n) is 5.49. The average molecular weight is 335 g/mol. The van der Waals surface area contributed by atoms with E-state index in [2.05, 4.69) is 21.2 Å². The zero-order chi connectivity index (χ0) is 17.1. The van der Waals surface area contributed by atoms with E-state index in [1.54, 1.807) is 0 Å². The van der Waals surface area contributed by atoms with Crippen LogP contribution in [0, 0.1) is 17.2 Å². The maximum absolute atomic E-state index is 9.47. The second-order valence-electron chi connectivity index (χ2n) is 7.14. The van der Waals surface area contributed by atoms with Crippen LogP contribution >= 0.6 is 0 Å². The highest BCUT2D eigenvalue weighted by Crippen LogP contribution is 2.24. The predicted molar refractivity (Wildman–Crippen MR) is 101 cm³/mol. The first-order valence-corrected chi connectivity index (χ1v) is 9.31. The number of fused-ring (bicyclic) bond motifs is 1. The zero-order valence-electron chi connectivity index (χ0n) is 14.6. The molecule has 0 atom stereocenters. The molecule has 1 aromatic carbocycles. The van der Waals surface area contributed by atoms with Crippen LogP contribution < -0.4 is 10.2 Å². The molecule has 2 saturated heterocycles.